The molecule has 1 fully saturated rings. The molecular formula is C25H27N5O2. The molecule has 32 heavy (non-hydrogen) atoms. The van der Waals surface area contributed by atoms with E-state index in [9.17, 15) is 9.59 Å². The quantitative estimate of drug-likeness (QED) is 0.650. The summed E-state index contributed by atoms with van der Waals surface area (Å²) in [6.45, 7) is 3.64. The number of rotatable bonds is 6. The largest absolute Gasteiger partial charge is 0.352 e. The zero-order valence-corrected chi connectivity index (χ0v) is 18.2. The molecule has 0 spiro atoms. The van der Waals surface area contributed by atoms with E-state index in [4.69, 9.17) is 0 Å². The van der Waals surface area contributed by atoms with Gasteiger partial charge in [0.2, 0.25) is 0 Å². The van der Waals surface area contributed by atoms with Gasteiger partial charge >= 0.3 is 0 Å². The van der Waals surface area contributed by atoms with Crippen LogP contribution in [0.3, 0.4) is 0 Å². The van der Waals surface area contributed by atoms with E-state index < -0.39 is 0 Å². The van der Waals surface area contributed by atoms with Gasteiger partial charge in [-0.1, -0.05) is 24.3 Å². The van der Waals surface area contributed by atoms with Crippen molar-refractivity contribution in [3.8, 4) is 0 Å². The van der Waals surface area contributed by atoms with Crippen molar-refractivity contribution in [2.75, 3.05) is 19.6 Å². The van der Waals surface area contributed by atoms with Crippen molar-refractivity contribution in [3.63, 3.8) is 0 Å². The fourth-order valence-corrected chi connectivity index (χ4v) is 4.05. The first-order valence-electron chi connectivity index (χ1n) is 11.0. The molecule has 7 heteroatoms. The van der Waals surface area contributed by atoms with E-state index in [-0.39, 0.29) is 17.7 Å². The maximum absolute atomic E-state index is 12.9. The molecule has 3 aromatic rings. The number of amides is 2. The van der Waals surface area contributed by atoms with Crippen LogP contribution in [0.2, 0.25) is 0 Å². The Morgan fingerprint density at radius 2 is 1.84 bits per heavy atom. The van der Waals surface area contributed by atoms with Gasteiger partial charge in [-0.05, 0) is 49.9 Å². The van der Waals surface area contributed by atoms with Crippen molar-refractivity contribution >= 4 is 11.8 Å². The molecule has 0 bridgehead atoms. The molecule has 164 valence electrons. The molecule has 0 radical (unpaired) electrons. The highest BCUT2D eigenvalue weighted by molar-refractivity contribution is 5.95. The topological polar surface area (TPSA) is 88.1 Å². The fourth-order valence-electron chi connectivity index (χ4n) is 4.05. The maximum atomic E-state index is 12.9. The molecular weight excluding hydrogens is 402 g/mol. The van der Waals surface area contributed by atoms with E-state index in [0.717, 1.165) is 24.1 Å². The third-order valence-corrected chi connectivity index (χ3v) is 5.79. The zero-order valence-electron chi connectivity index (χ0n) is 18.2. The molecule has 0 atom stereocenters. The Morgan fingerprint density at radius 3 is 2.56 bits per heavy atom. The zero-order chi connectivity index (χ0) is 22.3. The number of carbonyl (C=O) groups excluding carboxylic acids is 2. The van der Waals surface area contributed by atoms with Crippen molar-refractivity contribution in [3.05, 3.63) is 89.3 Å². The van der Waals surface area contributed by atoms with E-state index >= 15 is 0 Å². The molecule has 3 heterocycles. The molecule has 1 N–H and O–H groups in total. The second-order valence-corrected chi connectivity index (χ2v) is 8.02. The summed E-state index contributed by atoms with van der Waals surface area (Å²) >= 11 is 0. The number of aromatic nitrogens is 3. The molecule has 0 unspecified atom stereocenters. The van der Waals surface area contributed by atoms with Crippen molar-refractivity contribution in [2.45, 2.75) is 32.1 Å². The molecule has 1 saturated heterocycles. The summed E-state index contributed by atoms with van der Waals surface area (Å²) in [4.78, 5) is 40.5. The average molecular weight is 430 g/mol. The summed E-state index contributed by atoms with van der Waals surface area (Å²) in [5.74, 6) is 0.660. The van der Waals surface area contributed by atoms with Gasteiger partial charge in [-0.15, -0.1) is 0 Å². The molecule has 0 aliphatic carbocycles. The number of nitrogens with zero attached hydrogens (tertiary/aromatic N) is 4. The van der Waals surface area contributed by atoms with Crippen LogP contribution in [0.4, 0.5) is 0 Å². The Labute approximate surface area is 187 Å². The van der Waals surface area contributed by atoms with Gasteiger partial charge in [0.05, 0.1) is 11.3 Å². The van der Waals surface area contributed by atoms with Crippen LogP contribution in [0.5, 0.6) is 0 Å². The normalized spacial score (nSPS) is 14.2. The van der Waals surface area contributed by atoms with Crippen LogP contribution in [0, 0.1) is 6.92 Å². The van der Waals surface area contributed by atoms with Crippen LogP contribution < -0.4 is 5.32 Å². The summed E-state index contributed by atoms with van der Waals surface area (Å²) in [7, 11) is 0. The van der Waals surface area contributed by atoms with Gasteiger partial charge in [0, 0.05) is 49.7 Å². The molecule has 2 amide bonds. The Morgan fingerprint density at radius 1 is 1.06 bits per heavy atom. The van der Waals surface area contributed by atoms with Crippen molar-refractivity contribution in [2.24, 2.45) is 0 Å². The van der Waals surface area contributed by atoms with Crippen LogP contribution in [0.25, 0.3) is 0 Å². The molecule has 0 saturated carbocycles. The van der Waals surface area contributed by atoms with E-state index in [0.29, 0.717) is 43.0 Å². The standard InChI is InChI=1S/C25H27N5O2/c1-18-28-17-22(24(31)27-13-9-19-6-5-12-26-16-19)23(29-18)20-10-14-30(15-11-20)25(32)21-7-3-2-4-8-21/h2-8,12,16-17,20H,9-11,13-15H2,1H3,(H,27,31). The number of hydrogen-bond donors (Lipinski definition) is 1. The number of hydrogen-bond acceptors (Lipinski definition) is 5. The monoisotopic (exact) mass is 429 g/mol. The summed E-state index contributed by atoms with van der Waals surface area (Å²) in [6, 6.07) is 13.2. The Bertz CT molecular complexity index is 1060. The van der Waals surface area contributed by atoms with Gasteiger partial charge in [0.1, 0.15) is 5.82 Å². The van der Waals surface area contributed by atoms with Crippen molar-refractivity contribution in [1.82, 2.24) is 25.2 Å². The minimum Gasteiger partial charge on any atom is -0.352 e. The van der Waals surface area contributed by atoms with Crippen molar-refractivity contribution in [1.29, 1.82) is 0 Å². The SMILES string of the molecule is Cc1ncc(C(=O)NCCc2cccnc2)c(C2CCN(C(=O)c3ccccc3)CC2)n1. The Hall–Kier alpha value is -3.61. The smallest absolute Gasteiger partial charge is 0.254 e. The second-order valence-electron chi connectivity index (χ2n) is 8.02. The number of likely N-dealkylation sites (tertiary alicyclic amines) is 1. The van der Waals surface area contributed by atoms with Gasteiger partial charge < -0.3 is 10.2 Å². The highest BCUT2D eigenvalue weighted by Crippen LogP contribution is 2.29. The highest BCUT2D eigenvalue weighted by atomic mass is 16.2. The van der Waals surface area contributed by atoms with Crippen LogP contribution in [-0.2, 0) is 6.42 Å². The molecule has 1 aromatic carbocycles. The minimum absolute atomic E-state index is 0.0521. The lowest BCUT2D eigenvalue weighted by atomic mass is 9.90. The number of aryl methyl sites for hydroxylation is 1. The summed E-state index contributed by atoms with van der Waals surface area (Å²) in [6.07, 6.45) is 7.41. The maximum Gasteiger partial charge on any atom is 0.254 e. The molecule has 2 aromatic heterocycles. The van der Waals surface area contributed by atoms with Crippen LogP contribution in [0.1, 0.15) is 56.6 Å². The molecule has 7 nitrogen and oxygen atoms in total. The minimum atomic E-state index is -0.160. The van der Waals surface area contributed by atoms with Crippen molar-refractivity contribution < 1.29 is 9.59 Å². The first kappa shape index (κ1) is 21.6. The average Bonchev–Trinajstić information content (AvgIpc) is 2.85. The van der Waals surface area contributed by atoms with Gasteiger partial charge in [-0.3, -0.25) is 14.6 Å². The lowest BCUT2D eigenvalue weighted by Gasteiger charge is -2.32. The number of pyridine rings is 1. The number of piperidine rings is 1. The van der Waals surface area contributed by atoms with E-state index in [1.165, 1.54) is 0 Å². The second kappa shape index (κ2) is 10.1. The third kappa shape index (κ3) is 5.17. The van der Waals surface area contributed by atoms with E-state index in [1.54, 1.807) is 18.6 Å². The summed E-state index contributed by atoms with van der Waals surface area (Å²) in [5.41, 5.74) is 3.08. The Kier molecular flexibility index (Phi) is 6.84. The number of nitrogens with one attached hydrogen (secondary N) is 1. The lowest BCUT2D eigenvalue weighted by Crippen LogP contribution is -2.38. The lowest BCUT2D eigenvalue weighted by molar-refractivity contribution is 0.0710. The number of benzene rings is 1. The summed E-state index contributed by atoms with van der Waals surface area (Å²) < 4.78 is 0. The first-order valence-corrected chi connectivity index (χ1v) is 11.0. The summed E-state index contributed by atoms with van der Waals surface area (Å²) in [5, 5.41) is 2.98. The van der Waals surface area contributed by atoms with Crippen LogP contribution in [-0.4, -0.2) is 51.3 Å². The number of carbonyl (C=O) groups is 2. The van der Waals surface area contributed by atoms with Gasteiger partial charge in [0.15, 0.2) is 0 Å². The van der Waals surface area contributed by atoms with Crippen LogP contribution in [0.15, 0.2) is 61.1 Å². The fraction of sp³-hybridized carbons (Fsp3) is 0.320. The predicted molar refractivity (Wildman–Crippen MR) is 121 cm³/mol. The van der Waals surface area contributed by atoms with Gasteiger partial charge in [-0.25, -0.2) is 9.97 Å². The molecule has 4 rings (SSSR count). The third-order valence-electron chi connectivity index (χ3n) is 5.79. The van der Waals surface area contributed by atoms with E-state index in [1.807, 2.05) is 54.3 Å². The van der Waals surface area contributed by atoms with Gasteiger partial charge in [0.25, 0.3) is 11.8 Å². The van der Waals surface area contributed by atoms with Gasteiger partial charge in [-0.2, -0.15) is 0 Å². The highest BCUT2D eigenvalue weighted by Gasteiger charge is 2.28. The molecule has 1 aliphatic heterocycles. The van der Waals surface area contributed by atoms with E-state index in [2.05, 4.69) is 20.3 Å². The molecule has 1 aliphatic rings. The Balaban J connectivity index is 1.40. The first-order chi connectivity index (χ1) is 15.6. The predicted octanol–water partition coefficient (Wildman–Crippen LogP) is 3.17. The van der Waals surface area contributed by atoms with Crippen LogP contribution >= 0.6 is 0 Å².